The molecule has 0 saturated carbocycles. The zero-order valence-electron chi connectivity index (χ0n) is 20.5. The largest absolute Gasteiger partial charge is 0.497 e. The number of hydrogen-bond donors (Lipinski definition) is 0. The number of carbonyl (C=O) groups excluding carboxylic acids is 1. The summed E-state index contributed by atoms with van der Waals surface area (Å²) in [6.45, 7) is 4.41. The molecule has 186 valence electrons. The quantitative estimate of drug-likeness (QED) is 0.322. The van der Waals surface area contributed by atoms with Crippen molar-refractivity contribution in [2.75, 3.05) is 45.3 Å². The molecule has 0 N–H and O–H groups in total. The van der Waals surface area contributed by atoms with Crippen LogP contribution in [0.25, 0.3) is 10.9 Å². The lowest BCUT2D eigenvalue weighted by Crippen LogP contribution is -2.46. The first kappa shape index (κ1) is 25.5. The second-order valence-electron chi connectivity index (χ2n) is 8.71. The van der Waals surface area contributed by atoms with E-state index >= 15 is 0 Å². The molecule has 1 saturated heterocycles. The molecule has 1 aromatic heterocycles. The number of ether oxygens (including phenoxy) is 2. The maximum Gasteiger partial charge on any atom is 0.196 e. The second-order valence-corrected chi connectivity index (χ2v) is 8.71. The Morgan fingerprint density at radius 3 is 2.19 bits per heavy atom. The van der Waals surface area contributed by atoms with Gasteiger partial charge in [-0.25, -0.2) is 0 Å². The molecule has 0 amide bonds. The van der Waals surface area contributed by atoms with Crippen LogP contribution in [0.15, 0.2) is 79.0 Å². The van der Waals surface area contributed by atoms with Crippen molar-refractivity contribution in [1.29, 1.82) is 0 Å². The molecule has 1 aliphatic heterocycles. The number of fused-ring (bicyclic) bond motifs is 1. The molecule has 7 heteroatoms. The minimum atomic E-state index is -0.0495. The summed E-state index contributed by atoms with van der Waals surface area (Å²) in [5.74, 6) is 1.42. The fraction of sp³-hybridized carbons (Fsp3) is 0.241. The first-order chi connectivity index (χ1) is 17.2. The van der Waals surface area contributed by atoms with Gasteiger partial charge in [0.2, 0.25) is 0 Å². The molecule has 0 unspecified atom stereocenters. The highest BCUT2D eigenvalue weighted by Gasteiger charge is 2.25. The Kier molecular flexibility index (Phi) is 8.08. The summed E-state index contributed by atoms with van der Waals surface area (Å²) in [7, 11) is 3.27. The van der Waals surface area contributed by atoms with E-state index in [4.69, 9.17) is 9.47 Å². The van der Waals surface area contributed by atoms with E-state index in [9.17, 15) is 4.79 Å². The van der Waals surface area contributed by atoms with Crippen molar-refractivity contribution in [3.63, 3.8) is 0 Å². The fourth-order valence-corrected chi connectivity index (χ4v) is 4.66. The third kappa shape index (κ3) is 5.30. The van der Waals surface area contributed by atoms with E-state index in [1.807, 2.05) is 36.4 Å². The van der Waals surface area contributed by atoms with Crippen LogP contribution in [0.2, 0.25) is 0 Å². The molecule has 3 aromatic carbocycles. The van der Waals surface area contributed by atoms with Crippen molar-refractivity contribution < 1.29 is 14.3 Å². The number of ketones is 1. The van der Waals surface area contributed by atoms with Gasteiger partial charge < -0.3 is 14.4 Å². The average molecular weight is 504 g/mol. The Balaban J connectivity index is 0.00000304. The highest BCUT2D eigenvalue weighted by atomic mass is 35.5. The van der Waals surface area contributed by atoms with Gasteiger partial charge in [-0.1, -0.05) is 30.3 Å². The van der Waals surface area contributed by atoms with Crippen molar-refractivity contribution in [2.24, 2.45) is 0 Å². The number of benzene rings is 3. The number of piperazine rings is 1. The molecule has 0 bridgehead atoms. The van der Waals surface area contributed by atoms with Crippen molar-refractivity contribution in [1.82, 2.24) is 9.88 Å². The summed E-state index contributed by atoms with van der Waals surface area (Å²) in [6.07, 6.45) is 1.72. The number of pyridine rings is 1. The van der Waals surface area contributed by atoms with Crippen LogP contribution in [0.1, 0.15) is 21.5 Å². The van der Waals surface area contributed by atoms with E-state index in [2.05, 4.69) is 39.0 Å². The highest BCUT2D eigenvalue weighted by molar-refractivity contribution is 6.16. The van der Waals surface area contributed by atoms with E-state index in [0.29, 0.717) is 11.1 Å². The van der Waals surface area contributed by atoms with Crippen molar-refractivity contribution in [3.05, 3.63) is 95.7 Å². The van der Waals surface area contributed by atoms with Crippen LogP contribution in [0.3, 0.4) is 0 Å². The van der Waals surface area contributed by atoms with Gasteiger partial charge in [0.1, 0.15) is 11.5 Å². The summed E-state index contributed by atoms with van der Waals surface area (Å²) in [5, 5.41) is 0.931. The summed E-state index contributed by atoms with van der Waals surface area (Å²) in [6, 6.07) is 23.6. The second kappa shape index (κ2) is 11.4. The van der Waals surface area contributed by atoms with Gasteiger partial charge in [0, 0.05) is 49.9 Å². The normalized spacial score (nSPS) is 13.8. The van der Waals surface area contributed by atoms with E-state index in [1.165, 1.54) is 5.56 Å². The molecule has 6 nitrogen and oxygen atoms in total. The smallest absolute Gasteiger partial charge is 0.196 e. The minimum absolute atomic E-state index is 0. The van der Waals surface area contributed by atoms with Gasteiger partial charge in [-0.05, 0) is 48.0 Å². The molecule has 0 aliphatic carbocycles. The first-order valence-electron chi connectivity index (χ1n) is 11.8. The lowest BCUT2D eigenvalue weighted by atomic mass is 9.99. The van der Waals surface area contributed by atoms with Gasteiger partial charge in [-0.15, -0.1) is 12.4 Å². The first-order valence-corrected chi connectivity index (χ1v) is 11.8. The summed E-state index contributed by atoms with van der Waals surface area (Å²) >= 11 is 0. The SMILES string of the molecule is COc1ccc(C(=O)c2cnc3ccc(OC)cc3c2N2CCN(Cc3ccccc3)CC2)cc1.Cl. The van der Waals surface area contributed by atoms with E-state index in [-0.39, 0.29) is 18.2 Å². The Hall–Kier alpha value is -3.61. The molecule has 5 rings (SSSR count). The molecule has 4 aromatic rings. The molecule has 36 heavy (non-hydrogen) atoms. The van der Waals surface area contributed by atoms with Crippen molar-refractivity contribution in [3.8, 4) is 11.5 Å². The van der Waals surface area contributed by atoms with Crippen LogP contribution in [0, 0.1) is 0 Å². The van der Waals surface area contributed by atoms with Crippen LogP contribution in [-0.2, 0) is 6.54 Å². The fourth-order valence-electron chi connectivity index (χ4n) is 4.66. The summed E-state index contributed by atoms with van der Waals surface area (Å²) in [5.41, 5.74) is 4.30. The lowest BCUT2D eigenvalue weighted by molar-refractivity contribution is 0.103. The zero-order valence-corrected chi connectivity index (χ0v) is 21.3. The number of hydrogen-bond acceptors (Lipinski definition) is 6. The summed E-state index contributed by atoms with van der Waals surface area (Å²) in [4.78, 5) is 23.1. The monoisotopic (exact) mass is 503 g/mol. The predicted molar refractivity (Wildman–Crippen MR) is 146 cm³/mol. The Morgan fingerprint density at radius 1 is 0.861 bits per heavy atom. The van der Waals surface area contributed by atoms with Crippen LogP contribution < -0.4 is 14.4 Å². The molecule has 1 aliphatic rings. The van der Waals surface area contributed by atoms with E-state index < -0.39 is 0 Å². The number of rotatable bonds is 7. The number of aromatic nitrogens is 1. The number of nitrogens with zero attached hydrogens (tertiary/aromatic N) is 3. The van der Waals surface area contributed by atoms with Crippen LogP contribution in [-0.4, -0.2) is 56.1 Å². The van der Waals surface area contributed by atoms with Gasteiger partial charge in [0.15, 0.2) is 5.78 Å². The maximum atomic E-state index is 13.7. The highest BCUT2D eigenvalue weighted by Crippen LogP contribution is 2.34. The molecule has 2 heterocycles. The van der Waals surface area contributed by atoms with Gasteiger partial charge in [0.05, 0.1) is 31.0 Å². The molecular formula is C29H30ClN3O3. The number of carbonyl (C=O) groups is 1. The molecule has 0 radical (unpaired) electrons. The lowest BCUT2D eigenvalue weighted by Gasteiger charge is -2.37. The Morgan fingerprint density at radius 2 is 1.53 bits per heavy atom. The predicted octanol–water partition coefficient (Wildman–Crippen LogP) is 5.23. The number of methoxy groups -OCH3 is 2. The van der Waals surface area contributed by atoms with E-state index in [0.717, 1.165) is 60.8 Å². The number of anilines is 1. The Labute approximate surface area is 217 Å². The van der Waals surface area contributed by atoms with Crippen molar-refractivity contribution >= 4 is 34.8 Å². The number of halogens is 1. The van der Waals surface area contributed by atoms with E-state index in [1.54, 1.807) is 32.5 Å². The van der Waals surface area contributed by atoms with Crippen LogP contribution in [0.5, 0.6) is 11.5 Å². The van der Waals surface area contributed by atoms with Crippen LogP contribution >= 0.6 is 12.4 Å². The molecular weight excluding hydrogens is 474 g/mol. The van der Waals surface area contributed by atoms with Gasteiger partial charge in [0.25, 0.3) is 0 Å². The van der Waals surface area contributed by atoms with Crippen LogP contribution in [0.4, 0.5) is 5.69 Å². The van der Waals surface area contributed by atoms with Gasteiger partial charge >= 0.3 is 0 Å². The van der Waals surface area contributed by atoms with Gasteiger partial charge in [-0.2, -0.15) is 0 Å². The Bertz CT molecular complexity index is 1320. The molecule has 0 atom stereocenters. The third-order valence-corrected chi connectivity index (χ3v) is 6.58. The van der Waals surface area contributed by atoms with Gasteiger partial charge in [-0.3, -0.25) is 14.7 Å². The summed E-state index contributed by atoms with van der Waals surface area (Å²) < 4.78 is 10.8. The maximum absolute atomic E-state index is 13.7. The van der Waals surface area contributed by atoms with Crippen molar-refractivity contribution in [2.45, 2.75) is 6.54 Å². The average Bonchev–Trinajstić information content (AvgIpc) is 2.93. The molecule has 0 spiro atoms. The third-order valence-electron chi connectivity index (χ3n) is 6.58. The zero-order chi connectivity index (χ0) is 24.2. The standard InChI is InChI=1S/C29H29N3O3.ClH/c1-34-23-10-8-22(9-11-23)29(33)26-19-30-27-13-12-24(35-2)18-25(27)28(26)32-16-14-31(15-17-32)20-21-6-4-3-5-7-21;/h3-13,18-19H,14-17,20H2,1-2H3;1H. The molecule has 1 fully saturated rings. The minimum Gasteiger partial charge on any atom is -0.497 e. The topological polar surface area (TPSA) is 54.9 Å².